The van der Waals surface area contributed by atoms with Crippen LogP contribution in [0.3, 0.4) is 0 Å². The molecule has 8 nitrogen and oxygen atoms in total. The zero-order valence-corrected chi connectivity index (χ0v) is 17.9. The number of aromatic nitrogens is 2. The second-order valence-corrected chi connectivity index (χ2v) is 9.05. The molecule has 0 amide bonds. The third kappa shape index (κ3) is 7.96. The summed E-state index contributed by atoms with van der Waals surface area (Å²) in [6, 6.07) is 10.3. The van der Waals surface area contributed by atoms with Crippen LogP contribution < -0.4 is 4.72 Å². The monoisotopic (exact) mass is 462 g/mol. The fourth-order valence-electron chi connectivity index (χ4n) is 3.38. The van der Waals surface area contributed by atoms with E-state index in [2.05, 4.69) is 26.7 Å². The number of aliphatic carboxylic acids is 1. The number of carboxylic acids is 1. The van der Waals surface area contributed by atoms with Crippen molar-refractivity contribution < 1.29 is 31.5 Å². The van der Waals surface area contributed by atoms with Gasteiger partial charge in [-0.3, -0.25) is 4.90 Å². The topological polar surface area (TPSA) is 105 Å². The smallest absolute Gasteiger partial charge is 0.475 e. The fourth-order valence-corrected chi connectivity index (χ4v) is 4.21. The van der Waals surface area contributed by atoms with Gasteiger partial charge in [-0.25, -0.2) is 22.9 Å². The summed E-state index contributed by atoms with van der Waals surface area (Å²) in [6.07, 6.45) is 1.51. The number of nitrogens with one attached hydrogen (secondary N) is 1. The van der Waals surface area contributed by atoms with Gasteiger partial charge in [-0.1, -0.05) is 30.3 Å². The molecule has 0 saturated carbocycles. The van der Waals surface area contributed by atoms with Crippen molar-refractivity contribution in [3.63, 3.8) is 0 Å². The number of alkyl halides is 3. The number of likely N-dealkylation sites (tertiary alicyclic amines) is 1. The Balaban J connectivity index is 0.000000423. The molecule has 2 aromatic rings. The molecule has 31 heavy (non-hydrogen) atoms. The Hall–Kier alpha value is -2.44. The molecular formula is C19H25F3N4O4S. The van der Waals surface area contributed by atoms with Crippen molar-refractivity contribution in [1.82, 2.24) is 19.2 Å². The van der Waals surface area contributed by atoms with Crippen LogP contribution in [0.15, 0.2) is 42.7 Å². The van der Waals surface area contributed by atoms with Gasteiger partial charge in [0.05, 0.1) is 12.8 Å². The summed E-state index contributed by atoms with van der Waals surface area (Å²) < 4.78 is 60.0. The van der Waals surface area contributed by atoms with E-state index in [1.54, 1.807) is 6.20 Å². The molecule has 2 heterocycles. The molecule has 1 saturated heterocycles. The van der Waals surface area contributed by atoms with E-state index in [9.17, 15) is 21.6 Å². The average Bonchev–Trinajstić information content (AvgIpc) is 3.22. The Bertz CT molecular complexity index is 964. The van der Waals surface area contributed by atoms with Crippen LogP contribution in [0.1, 0.15) is 17.8 Å². The van der Waals surface area contributed by atoms with E-state index in [1.807, 2.05) is 36.0 Å². The molecule has 1 aromatic carbocycles. The molecule has 0 radical (unpaired) electrons. The lowest BCUT2D eigenvalue weighted by Gasteiger charge is -2.28. The molecule has 0 spiro atoms. The van der Waals surface area contributed by atoms with Crippen molar-refractivity contribution in [3.05, 3.63) is 54.1 Å². The number of aryl methyl sites for hydroxylation is 1. The summed E-state index contributed by atoms with van der Waals surface area (Å²) in [6.45, 7) is 1.58. The summed E-state index contributed by atoms with van der Waals surface area (Å²) in [5, 5.41) is 7.12. The number of rotatable bonds is 6. The number of halogens is 3. The summed E-state index contributed by atoms with van der Waals surface area (Å²) in [4.78, 5) is 15.6. The van der Waals surface area contributed by atoms with Crippen LogP contribution in [-0.2, 0) is 34.8 Å². The van der Waals surface area contributed by atoms with Gasteiger partial charge in [-0.2, -0.15) is 13.2 Å². The highest BCUT2D eigenvalue weighted by Gasteiger charge is 2.38. The minimum atomic E-state index is -5.08. The average molecular weight is 462 g/mol. The van der Waals surface area contributed by atoms with Crippen molar-refractivity contribution >= 4 is 16.0 Å². The fraction of sp³-hybridized carbons (Fsp3) is 0.474. The number of hydrogen-bond acceptors (Lipinski definition) is 5. The Morgan fingerprint density at radius 1 is 1.29 bits per heavy atom. The second kappa shape index (κ2) is 10.2. The van der Waals surface area contributed by atoms with Crippen LogP contribution >= 0.6 is 0 Å². The second-order valence-electron chi connectivity index (χ2n) is 7.27. The van der Waals surface area contributed by atoms with Gasteiger partial charge in [0.15, 0.2) is 0 Å². The maximum atomic E-state index is 11.7. The van der Waals surface area contributed by atoms with Crippen LogP contribution in [0.4, 0.5) is 13.2 Å². The lowest BCUT2D eigenvalue weighted by molar-refractivity contribution is -0.192. The maximum absolute atomic E-state index is 11.7. The standard InChI is InChI=1S/C17H24N4O2S.C2HF3O2/c1-20-11-9-18-17(20)13-21-10-8-15(19-24(2,22)23)16(21)12-14-6-4-3-5-7-14;3-2(4,5)1(6)7/h3-7,9,11,15-16,19H,8,10,12-13H2,1-2H3;(H,6,7)/t15-,16+;/m1./s1. The molecule has 1 aromatic heterocycles. The number of nitrogens with zero attached hydrogens (tertiary/aromatic N) is 3. The van der Waals surface area contributed by atoms with E-state index in [0.717, 1.165) is 31.8 Å². The van der Waals surface area contributed by atoms with Gasteiger partial charge < -0.3 is 9.67 Å². The van der Waals surface area contributed by atoms with Gasteiger partial charge in [-0.05, 0) is 18.4 Å². The maximum Gasteiger partial charge on any atom is 0.490 e. The molecule has 1 aliphatic rings. The number of imidazole rings is 1. The van der Waals surface area contributed by atoms with E-state index >= 15 is 0 Å². The highest BCUT2D eigenvalue weighted by molar-refractivity contribution is 7.88. The van der Waals surface area contributed by atoms with Gasteiger partial charge >= 0.3 is 12.1 Å². The highest BCUT2D eigenvalue weighted by atomic mass is 32.2. The number of benzene rings is 1. The molecule has 12 heteroatoms. The van der Waals surface area contributed by atoms with Crippen molar-refractivity contribution in [2.24, 2.45) is 7.05 Å². The van der Waals surface area contributed by atoms with Crippen LogP contribution in [0.2, 0.25) is 0 Å². The molecule has 3 rings (SSSR count). The zero-order valence-electron chi connectivity index (χ0n) is 17.1. The summed E-state index contributed by atoms with van der Waals surface area (Å²) in [7, 11) is -1.24. The predicted octanol–water partition coefficient (Wildman–Crippen LogP) is 1.79. The first kappa shape index (κ1) is 24.8. The first-order chi connectivity index (χ1) is 14.4. The van der Waals surface area contributed by atoms with Gasteiger partial charge in [0, 0.05) is 38.1 Å². The molecule has 1 aliphatic heterocycles. The van der Waals surface area contributed by atoms with E-state index in [1.165, 1.54) is 11.8 Å². The quantitative estimate of drug-likeness (QED) is 0.678. The molecule has 2 N–H and O–H groups in total. The first-order valence-corrected chi connectivity index (χ1v) is 11.3. The van der Waals surface area contributed by atoms with Crippen molar-refractivity contribution in [3.8, 4) is 0 Å². The Kier molecular flexibility index (Phi) is 8.21. The normalized spacial score (nSPS) is 19.6. The Labute approximate surface area is 178 Å². The predicted molar refractivity (Wildman–Crippen MR) is 108 cm³/mol. The summed E-state index contributed by atoms with van der Waals surface area (Å²) in [5.74, 6) is -1.76. The van der Waals surface area contributed by atoms with Crippen LogP contribution in [0.25, 0.3) is 0 Å². The molecule has 0 bridgehead atoms. The van der Waals surface area contributed by atoms with Gasteiger partial charge in [-0.15, -0.1) is 0 Å². The SMILES string of the molecule is Cn1ccnc1CN1CC[C@@H](NS(C)(=O)=O)[C@@H]1Cc1ccccc1.O=C(O)C(F)(F)F. The van der Waals surface area contributed by atoms with Gasteiger partial charge in [0.1, 0.15) is 5.82 Å². The first-order valence-electron chi connectivity index (χ1n) is 9.38. The number of sulfonamides is 1. The van der Waals surface area contributed by atoms with Gasteiger partial charge in [0.25, 0.3) is 0 Å². The third-order valence-corrected chi connectivity index (χ3v) is 5.55. The number of carboxylic acid groups (broad SMARTS) is 1. The molecule has 1 fully saturated rings. The molecule has 0 unspecified atom stereocenters. The van der Waals surface area contributed by atoms with E-state index in [-0.39, 0.29) is 12.1 Å². The van der Waals surface area contributed by atoms with E-state index in [4.69, 9.17) is 9.90 Å². The minimum Gasteiger partial charge on any atom is -0.475 e. The largest absolute Gasteiger partial charge is 0.490 e. The molecule has 0 aliphatic carbocycles. The van der Waals surface area contributed by atoms with Crippen LogP contribution in [-0.4, -0.2) is 65.0 Å². The number of carbonyl (C=O) groups is 1. The summed E-state index contributed by atoms with van der Waals surface area (Å²) in [5.41, 5.74) is 1.22. The van der Waals surface area contributed by atoms with Crippen LogP contribution in [0.5, 0.6) is 0 Å². The van der Waals surface area contributed by atoms with Gasteiger partial charge in [0.2, 0.25) is 10.0 Å². The summed E-state index contributed by atoms with van der Waals surface area (Å²) >= 11 is 0. The van der Waals surface area contributed by atoms with E-state index < -0.39 is 22.2 Å². The van der Waals surface area contributed by atoms with Crippen molar-refractivity contribution in [2.75, 3.05) is 12.8 Å². The highest BCUT2D eigenvalue weighted by Crippen LogP contribution is 2.24. The number of hydrogen-bond donors (Lipinski definition) is 2. The van der Waals surface area contributed by atoms with Crippen molar-refractivity contribution in [1.29, 1.82) is 0 Å². The van der Waals surface area contributed by atoms with Crippen LogP contribution in [0, 0.1) is 0 Å². The Morgan fingerprint density at radius 2 is 1.90 bits per heavy atom. The molecular weight excluding hydrogens is 437 g/mol. The zero-order chi connectivity index (χ0) is 23.2. The minimum absolute atomic E-state index is 0.0690. The lowest BCUT2D eigenvalue weighted by atomic mass is 10.0. The molecule has 2 atom stereocenters. The Morgan fingerprint density at radius 3 is 2.39 bits per heavy atom. The third-order valence-electron chi connectivity index (χ3n) is 4.82. The van der Waals surface area contributed by atoms with Crippen molar-refractivity contribution in [2.45, 2.75) is 37.6 Å². The van der Waals surface area contributed by atoms with E-state index in [0.29, 0.717) is 0 Å². The molecule has 172 valence electrons. The lowest BCUT2D eigenvalue weighted by Crippen LogP contribution is -2.45.